The monoisotopic (exact) mass is 402 g/mol. The van der Waals surface area contributed by atoms with Crippen molar-refractivity contribution in [3.8, 4) is 0 Å². The molecule has 0 bridgehead atoms. The largest absolute Gasteiger partial charge is 0.432 e. The lowest BCUT2D eigenvalue weighted by Gasteiger charge is -2.23. The third kappa shape index (κ3) is 4.35. The summed E-state index contributed by atoms with van der Waals surface area (Å²) in [6.45, 7) is 1.98. The van der Waals surface area contributed by atoms with Crippen LogP contribution in [-0.2, 0) is 11.2 Å². The van der Waals surface area contributed by atoms with E-state index >= 15 is 0 Å². The Bertz CT molecular complexity index is 1130. The first-order chi connectivity index (χ1) is 14.6. The topological polar surface area (TPSA) is 71.3 Å². The number of aryl methyl sites for hydroxylation is 1. The number of benzene rings is 2. The van der Waals surface area contributed by atoms with Crippen LogP contribution >= 0.6 is 0 Å². The van der Waals surface area contributed by atoms with Crippen LogP contribution in [0.25, 0.3) is 0 Å². The molecule has 0 fully saturated rings. The van der Waals surface area contributed by atoms with Gasteiger partial charge in [-0.15, -0.1) is 0 Å². The number of oxazole rings is 1. The number of nitrogens with one attached hydrogen (secondary N) is 1. The molecule has 30 heavy (non-hydrogen) atoms. The van der Waals surface area contributed by atoms with Gasteiger partial charge in [0.05, 0.1) is 24.0 Å². The van der Waals surface area contributed by atoms with Crippen LogP contribution in [-0.4, -0.2) is 15.9 Å². The molecular weight excluding hydrogens is 383 g/mol. The van der Waals surface area contributed by atoms with E-state index in [4.69, 9.17) is 4.42 Å². The number of amides is 1. The summed E-state index contributed by atoms with van der Waals surface area (Å²) < 4.78 is 18.6. The first kappa shape index (κ1) is 19.3. The quantitative estimate of drug-likeness (QED) is 0.482. The smallest absolute Gasteiger partial charge is 0.306 e. The molecule has 7 heteroatoms. The Hall–Kier alpha value is -4.00. The van der Waals surface area contributed by atoms with Crippen LogP contribution in [0.4, 0.5) is 27.5 Å². The number of anilines is 4. The molecule has 2 heterocycles. The van der Waals surface area contributed by atoms with E-state index in [-0.39, 0.29) is 18.1 Å². The lowest BCUT2D eigenvalue weighted by atomic mass is 10.1. The zero-order chi connectivity index (χ0) is 20.9. The SMILES string of the molecule is Cc1ccc(CC(=O)Nc2ccc(F)cc2)cc1N(c1ccncc1)c1ncco1. The normalized spacial score (nSPS) is 10.6. The summed E-state index contributed by atoms with van der Waals surface area (Å²) in [6.07, 6.45) is 6.65. The number of halogens is 1. The molecule has 0 saturated heterocycles. The standard InChI is InChI=1S/C23H19FN4O2/c1-16-2-3-17(15-22(29)27-19-6-4-18(24)5-7-19)14-21(16)28(23-26-12-13-30-23)20-8-10-25-11-9-20/h2-14H,15H2,1H3,(H,27,29). The van der Waals surface area contributed by atoms with E-state index in [2.05, 4.69) is 15.3 Å². The minimum absolute atomic E-state index is 0.167. The molecule has 0 aliphatic rings. The van der Waals surface area contributed by atoms with Crippen molar-refractivity contribution in [2.45, 2.75) is 13.3 Å². The van der Waals surface area contributed by atoms with Gasteiger partial charge in [0.1, 0.15) is 12.1 Å². The number of hydrogen-bond acceptors (Lipinski definition) is 5. The van der Waals surface area contributed by atoms with E-state index in [1.165, 1.54) is 30.5 Å². The van der Waals surface area contributed by atoms with Crippen molar-refractivity contribution in [2.75, 3.05) is 10.2 Å². The van der Waals surface area contributed by atoms with Crippen LogP contribution in [0.1, 0.15) is 11.1 Å². The maximum Gasteiger partial charge on any atom is 0.306 e. The highest BCUT2D eigenvalue weighted by atomic mass is 19.1. The van der Waals surface area contributed by atoms with Gasteiger partial charge in [-0.1, -0.05) is 12.1 Å². The first-order valence-corrected chi connectivity index (χ1v) is 9.35. The summed E-state index contributed by atoms with van der Waals surface area (Å²) >= 11 is 0. The molecule has 4 aromatic rings. The molecule has 1 amide bonds. The Labute approximate surface area is 173 Å². The zero-order valence-corrected chi connectivity index (χ0v) is 16.2. The molecule has 4 rings (SSSR count). The third-order valence-electron chi connectivity index (χ3n) is 4.54. The number of rotatable bonds is 6. The number of carbonyl (C=O) groups is 1. The number of aromatic nitrogens is 2. The summed E-state index contributed by atoms with van der Waals surface area (Å²) in [7, 11) is 0. The van der Waals surface area contributed by atoms with Gasteiger partial charge < -0.3 is 9.73 Å². The molecule has 0 unspecified atom stereocenters. The minimum atomic E-state index is -0.348. The van der Waals surface area contributed by atoms with E-state index in [0.717, 1.165) is 22.5 Å². The Kier molecular flexibility index (Phi) is 5.52. The highest BCUT2D eigenvalue weighted by molar-refractivity contribution is 5.92. The van der Waals surface area contributed by atoms with Gasteiger partial charge in [-0.25, -0.2) is 9.37 Å². The maximum atomic E-state index is 13.1. The Balaban J connectivity index is 1.61. The van der Waals surface area contributed by atoms with Crippen LogP contribution in [0.2, 0.25) is 0 Å². The number of pyridine rings is 1. The molecule has 0 spiro atoms. The molecule has 2 aromatic heterocycles. The predicted molar refractivity (Wildman–Crippen MR) is 112 cm³/mol. The number of hydrogen-bond donors (Lipinski definition) is 1. The molecule has 2 aromatic carbocycles. The van der Waals surface area contributed by atoms with Gasteiger partial charge in [0, 0.05) is 18.1 Å². The lowest BCUT2D eigenvalue weighted by Crippen LogP contribution is -2.16. The maximum absolute atomic E-state index is 13.1. The zero-order valence-electron chi connectivity index (χ0n) is 16.2. The van der Waals surface area contributed by atoms with Crippen LogP contribution in [0.3, 0.4) is 0 Å². The highest BCUT2D eigenvalue weighted by Crippen LogP contribution is 2.35. The van der Waals surface area contributed by atoms with E-state index in [9.17, 15) is 9.18 Å². The average molecular weight is 402 g/mol. The van der Waals surface area contributed by atoms with E-state index in [0.29, 0.717) is 11.7 Å². The summed E-state index contributed by atoms with van der Waals surface area (Å²) in [5.74, 6) is -0.540. The molecule has 1 N–H and O–H groups in total. The van der Waals surface area contributed by atoms with Gasteiger partial charge in [0.25, 0.3) is 0 Å². The second-order valence-corrected chi connectivity index (χ2v) is 6.71. The Morgan fingerprint density at radius 2 is 1.83 bits per heavy atom. The van der Waals surface area contributed by atoms with E-state index in [1.807, 2.05) is 42.2 Å². The third-order valence-corrected chi connectivity index (χ3v) is 4.54. The van der Waals surface area contributed by atoms with Crippen LogP contribution < -0.4 is 10.2 Å². The molecule has 150 valence electrons. The van der Waals surface area contributed by atoms with Gasteiger partial charge >= 0.3 is 6.01 Å². The summed E-state index contributed by atoms with van der Waals surface area (Å²) in [4.78, 5) is 22.7. The van der Waals surface area contributed by atoms with E-state index < -0.39 is 0 Å². The van der Waals surface area contributed by atoms with Crippen molar-refractivity contribution in [3.63, 3.8) is 0 Å². The molecule has 0 radical (unpaired) electrons. The Morgan fingerprint density at radius 1 is 1.07 bits per heavy atom. The van der Waals surface area contributed by atoms with E-state index in [1.54, 1.807) is 18.6 Å². The summed E-state index contributed by atoms with van der Waals surface area (Å²) in [6, 6.07) is 15.6. The predicted octanol–water partition coefficient (Wildman–Crippen LogP) is 5.17. The average Bonchev–Trinajstić information content (AvgIpc) is 3.27. The van der Waals surface area contributed by atoms with Crippen molar-refractivity contribution in [1.29, 1.82) is 0 Å². The van der Waals surface area contributed by atoms with Crippen molar-refractivity contribution < 1.29 is 13.6 Å². The van der Waals surface area contributed by atoms with Gasteiger partial charge in [0.15, 0.2) is 0 Å². The van der Waals surface area contributed by atoms with Crippen molar-refractivity contribution in [3.05, 3.63) is 96.4 Å². The molecular formula is C23H19FN4O2. The summed E-state index contributed by atoms with van der Waals surface area (Å²) in [5, 5.41) is 2.78. The lowest BCUT2D eigenvalue weighted by molar-refractivity contribution is -0.115. The second kappa shape index (κ2) is 8.57. The highest BCUT2D eigenvalue weighted by Gasteiger charge is 2.19. The number of nitrogens with zero attached hydrogens (tertiary/aromatic N) is 3. The minimum Gasteiger partial charge on any atom is -0.432 e. The molecule has 6 nitrogen and oxygen atoms in total. The van der Waals surface area contributed by atoms with Crippen LogP contribution in [0.15, 0.2) is 83.9 Å². The number of carbonyl (C=O) groups excluding carboxylic acids is 1. The van der Waals surface area contributed by atoms with Crippen LogP contribution in [0.5, 0.6) is 0 Å². The van der Waals surface area contributed by atoms with Gasteiger partial charge in [-0.2, -0.15) is 0 Å². The first-order valence-electron chi connectivity index (χ1n) is 9.35. The summed E-state index contributed by atoms with van der Waals surface area (Å²) in [5.41, 5.74) is 4.04. The molecule has 0 aliphatic heterocycles. The van der Waals surface area contributed by atoms with Crippen molar-refractivity contribution in [2.24, 2.45) is 0 Å². The molecule has 0 atom stereocenters. The van der Waals surface area contributed by atoms with Gasteiger partial charge in [0.2, 0.25) is 5.91 Å². The van der Waals surface area contributed by atoms with Gasteiger partial charge in [-0.3, -0.25) is 14.7 Å². The fourth-order valence-corrected chi connectivity index (χ4v) is 3.10. The van der Waals surface area contributed by atoms with Gasteiger partial charge in [-0.05, 0) is 60.5 Å². The molecule has 0 aliphatic carbocycles. The second-order valence-electron chi connectivity index (χ2n) is 6.71. The molecule has 0 saturated carbocycles. The fourth-order valence-electron chi connectivity index (χ4n) is 3.10. The van der Waals surface area contributed by atoms with Crippen LogP contribution in [0, 0.1) is 12.7 Å². The van der Waals surface area contributed by atoms with Crippen molar-refractivity contribution >= 4 is 29.0 Å². The fraction of sp³-hybridized carbons (Fsp3) is 0.0870. The Morgan fingerprint density at radius 3 is 2.53 bits per heavy atom. The van der Waals surface area contributed by atoms with Crippen molar-refractivity contribution in [1.82, 2.24) is 9.97 Å².